The summed E-state index contributed by atoms with van der Waals surface area (Å²) in [6.07, 6.45) is 1.40. The number of rotatable bonds is 5. The summed E-state index contributed by atoms with van der Waals surface area (Å²) in [6, 6.07) is 14.5. The van der Waals surface area contributed by atoms with Crippen LogP contribution in [0, 0.1) is 0 Å². The molecule has 146 valence electrons. The first-order valence-corrected chi connectivity index (χ1v) is 9.98. The van der Waals surface area contributed by atoms with Crippen molar-refractivity contribution in [2.75, 3.05) is 12.4 Å². The second kappa shape index (κ2) is 8.06. The highest BCUT2D eigenvalue weighted by Gasteiger charge is 2.14. The Hall–Kier alpha value is -3.16. The number of carbonyl (C=O) groups is 1. The number of hydrogen-bond acceptors (Lipinski definition) is 5. The second-order valence-corrected chi connectivity index (χ2v) is 7.55. The van der Waals surface area contributed by atoms with E-state index >= 15 is 0 Å². The fourth-order valence-corrected chi connectivity index (χ4v) is 4.10. The van der Waals surface area contributed by atoms with Gasteiger partial charge < -0.3 is 10.1 Å². The van der Waals surface area contributed by atoms with E-state index in [1.807, 2.05) is 29.6 Å². The smallest absolute Gasteiger partial charge is 0.271 e. The summed E-state index contributed by atoms with van der Waals surface area (Å²) in [5, 5.41) is 5.04. The molecule has 2 aromatic carbocycles. The molecule has 0 aliphatic rings. The minimum atomic E-state index is -0.353. The summed E-state index contributed by atoms with van der Waals surface area (Å²) in [7, 11) is 1.61. The molecular weight excluding hydrogens is 410 g/mol. The molecule has 0 aliphatic heterocycles. The van der Waals surface area contributed by atoms with Crippen molar-refractivity contribution in [3.05, 3.63) is 75.6 Å². The van der Waals surface area contributed by atoms with Gasteiger partial charge in [0, 0.05) is 10.9 Å². The standard InChI is InChI=1S/C21H16ClN3O3S/c1-28-14-8-6-13(7-9-14)15-11-29-20-19(15)23-12-25(21(20)27)10-18(26)24-17-5-3-2-4-16(17)22/h2-9,11-12H,10H2,1H3,(H,24,26). The molecule has 2 heterocycles. The number of anilines is 1. The SMILES string of the molecule is COc1ccc(-c2csc3c(=O)n(CC(=O)Nc4ccccc4Cl)cnc23)cc1. The Balaban J connectivity index is 1.60. The first-order chi connectivity index (χ1) is 14.1. The van der Waals surface area contributed by atoms with E-state index in [2.05, 4.69) is 10.3 Å². The van der Waals surface area contributed by atoms with E-state index in [-0.39, 0.29) is 18.0 Å². The van der Waals surface area contributed by atoms with Crippen LogP contribution < -0.4 is 15.6 Å². The highest BCUT2D eigenvalue weighted by Crippen LogP contribution is 2.31. The molecule has 1 amide bonds. The maximum absolute atomic E-state index is 12.8. The molecule has 0 saturated heterocycles. The predicted molar refractivity (Wildman–Crippen MR) is 116 cm³/mol. The van der Waals surface area contributed by atoms with Crippen LogP contribution in [0.3, 0.4) is 0 Å². The van der Waals surface area contributed by atoms with E-state index in [1.165, 1.54) is 22.2 Å². The topological polar surface area (TPSA) is 73.2 Å². The van der Waals surface area contributed by atoms with Crippen LogP contribution in [-0.4, -0.2) is 22.6 Å². The van der Waals surface area contributed by atoms with Gasteiger partial charge in [0.15, 0.2) is 0 Å². The number of amides is 1. The summed E-state index contributed by atoms with van der Waals surface area (Å²) in [5.41, 5.74) is 2.68. The van der Waals surface area contributed by atoms with Crippen molar-refractivity contribution in [3.8, 4) is 16.9 Å². The number of aromatic nitrogens is 2. The number of methoxy groups -OCH3 is 1. The molecule has 8 heteroatoms. The molecule has 0 unspecified atom stereocenters. The molecule has 4 aromatic rings. The third kappa shape index (κ3) is 3.87. The zero-order chi connectivity index (χ0) is 20.4. The number of benzene rings is 2. The van der Waals surface area contributed by atoms with E-state index in [1.54, 1.807) is 31.4 Å². The quantitative estimate of drug-likeness (QED) is 0.513. The molecule has 6 nitrogen and oxygen atoms in total. The summed E-state index contributed by atoms with van der Waals surface area (Å²) < 4.78 is 6.98. The van der Waals surface area contributed by atoms with Gasteiger partial charge in [-0.15, -0.1) is 11.3 Å². The Morgan fingerprint density at radius 3 is 2.69 bits per heavy atom. The molecule has 0 fully saturated rings. The number of nitrogens with zero attached hydrogens (tertiary/aromatic N) is 2. The van der Waals surface area contributed by atoms with Gasteiger partial charge in [-0.2, -0.15) is 0 Å². The lowest BCUT2D eigenvalue weighted by atomic mass is 10.1. The Morgan fingerprint density at radius 2 is 1.97 bits per heavy atom. The van der Waals surface area contributed by atoms with Crippen LogP contribution in [0.2, 0.25) is 5.02 Å². The molecule has 29 heavy (non-hydrogen) atoms. The highest BCUT2D eigenvalue weighted by atomic mass is 35.5. The van der Waals surface area contributed by atoms with Gasteiger partial charge in [0.1, 0.15) is 17.0 Å². The van der Waals surface area contributed by atoms with E-state index in [4.69, 9.17) is 16.3 Å². The van der Waals surface area contributed by atoms with Crippen molar-refractivity contribution in [2.24, 2.45) is 0 Å². The molecule has 0 aliphatic carbocycles. The van der Waals surface area contributed by atoms with Gasteiger partial charge in [-0.05, 0) is 29.8 Å². The predicted octanol–water partition coefficient (Wildman–Crippen LogP) is 4.43. The average molecular weight is 426 g/mol. The molecule has 0 spiro atoms. The minimum absolute atomic E-state index is 0.150. The summed E-state index contributed by atoms with van der Waals surface area (Å²) in [4.78, 5) is 29.6. The molecule has 0 saturated carbocycles. The third-order valence-electron chi connectivity index (χ3n) is 4.41. The minimum Gasteiger partial charge on any atom is -0.497 e. The molecule has 4 rings (SSSR count). The van der Waals surface area contributed by atoms with Crippen molar-refractivity contribution in [1.29, 1.82) is 0 Å². The summed E-state index contributed by atoms with van der Waals surface area (Å²) in [6.45, 7) is -0.150. The molecule has 1 N–H and O–H groups in total. The van der Waals surface area contributed by atoms with Crippen molar-refractivity contribution >= 4 is 44.7 Å². The lowest BCUT2D eigenvalue weighted by molar-refractivity contribution is -0.116. The van der Waals surface area contributed by atoms with Crippen molar-refractivity contribution < 1.29 is 9.53 Å². The molecule has 0 bridgehead atoms. The lowest BCUT2D eigenvalue weighted by Crippen LogP contribution is -2.27. The van der Waals surface area contributed by atoms with Gasteiger partial charge in [-0.1, -0.05) is 35.9 Å². The highest BCUT2D eigenvalue weighted by molar-refractivity contribution is 7.17. The van der Waals surface area contributed by atoms with Gasteiger partial charge in [-0.25, -0.2) is 4.98 Å². The van der Waals surface area contributed by atoms with Gasteiger partial charge in [0.2, 0.25) is 5.91 Å². The maximum Gasteiger partial charge on any atom is 0.271 e. The van der Waals surface area contributed by atoms with Crippen LogP contribution in [0.4, 0.5) is 5.69 Å². The van der Waals surface area contributed by atoms with Gasteiger partial charge >= 0.3 is 0 Å². The van der Waals surface area contributed by atoms with Crippen molar-refractivity contribution in [1.82, 2.24) is 9.55 Å². The van der Waals surface area contributed by atoms with Crippen molar-refractivity contribution in [2.45, 2.75) is 6.54 Å². The largest absolute Gasteiger partial charge is 0.497 e. The van der Waals surface area contributed by atoms with E-state index in [9.17, 15) is 9.59 Å². The van der Waals surface area contributed by atoms with E-state index in [0.717, 1.165) is 16.9 Å². The van der Waals surface area contributed by atoms with Gasteiger partial charge in [0.05, 0.1) is 29.7 Å². The van der Waals surface area contributed by atoms with Crippen LogP contribution in [0.15, 0.2) is 65.0 Å². The zero-order valence-electron chi connectivity index (χ0n) is 15.4. The van der Waals surface area contributed by atoms with Crippen LogP contribution in [0.5, 0.6) is 5.75 Å². The van der Waals surface area contributed by atoms with Crippen LogP contribution in [-0.2, 0) is 11.3 Å². The van der Waals surface area contributed by atoms with Gasteiger partial charge in [-0.3, -0.25) is 14.2 Å². The first-order valence-electron chi connectivity index (χ1n) is 8.72. The Bertz CT molecular complexity index is 1250. The molecule has 0 atom stereocenters. The number of halogens is 1. The number of hydrogen-bond donors (Lipinski definition) is 1. The van der Waals surface area contributed by atoms with Crippen LogP contribution >= 0.6 is 22.9 Å². The number of thiophene rings is 1. The second-order valence-electron chi connectivity index (χ2n) is 6.26. The number of carbonyl (C=O) groups excluding carboxylic acids is 1. The average Bonchev–Trinajstić information content (AvgIpc) is 3.17. The Kier molecular flexibility index (Phi) is 5.33. The number of nitrogens with one attached hydrogen (secondary N) is 1. The van der Waals surface area contributed by atoms with Crippen molar-refractivity contribution in [3.63, 3.8) is 0 Å². The lowest BCUT2D eigenvalue weighted by Gasteiger charge is -2.08. The molecular formula is C21H16ClN3O3S. The summed E-state index contributed by atoms with van der Waals surface area (Å²) in [5.74, 6) is 0.404. The third-order valence-corrected chi connectivity index (χ3v) is 5.70. The molecule has 0 radical (unpaired) electrons. The summed E-state index contributed by atoms with van der Waals surface area (Å²) >= 11 is 7.37. The Labute approximate surface area is 175 Å². The van der Waals surface area contributed by atoms with E-state index < -0.39 is 0 Å². The van der Waals surface area contributed by atoms with Crippen LogP contribution in [0.25, 0.3) is 21.3 Å². The number of para-hydroxylation sites is 1. The maximum atomic E-state index is 12.8. The zero-order valence-corrected chi connectivity index (χ0v) is 17.0. The van der Waals surface area contributed by atoms with Crippen LogP contribution in [0.1, 0.15) is 0 Å². The monoisotopic (exact) mass is 425 g/mol. The Morgan fingerprint density at radius 1 is 1.21 bits per heavy atom. The van der Waals surface area contributed by atoms with Gasteiger partial charge in [0.25, 0.3) is 5.56 Å². The normalized spacial score (nSPS) is 10.8. The molecule has 2 aromatic heterocycles. The van der Waals surface area contributed by atoms with E-state index in [0.29, 0.717) is 20.9 Å². The number of fused-ring (bicyclic) bond motifs is 1. The number of ether oxygens (including phenoxy) is 1. The first kappa shape index (κ1) is 19.2. The fraction of sp³-hybridized carbons (Fsp3) is 0.0952. The fourth-order valence-electron chi connectivity index (χ4n) is 2.94.